The Morgan fingerprint density at radius 2 is 1.55 bits per heavy atom. The molecule has 0 atom stereocenters. The van der Waals surface area contributed by atoms with Gasteiger partial charge in [-0.15, -0.1) is 0 Å². The summed E-state index contributed by atoms with van der Waals surface area (Å²) in [4.78, 5) is 21.7. The Labute approximate surface area is 198 Å². The highest BCUT2D eigenvalue weighted by Gasteiger charge is 2.10. The number of carboxylic acids is 1. The first-order valence-electron chi connectivity index (χ1n) is 12.6. The first-order chi connectivity index (χ1) is 16.0. The molecule has 2 aromatic rings. The van der Waals surface area contributed by atoms with Crippen LogP contribution in [0.1, 0.15) is 89.5 Å². The van der Waals surface area contributed by atoms with E-state index in [4.69, 9.17) is 9.84 Å². The van der Waals surface area contributed by atoms with Gasteiger partial charge in [-0.05, 0) is 43.0 Å². The Kier molecular flexibility index (Phi) is 12.4. The van der Waals surface area contributed by atoms with Crippen molar-refractivity contribution >= 4 is 22.8 Å². The molecule has 0 aliphatic carbocycles. The number of carbonyl (C=O) groups is 2. The molecule has 1 aromatic heterocycles. The number of carbonyl (C=O) groups excluding carboxylic acids is 1. The van der Waals surface area contributed by atoms with Crippen molar-refractivity contribution in [2.75, 3.05) is 13.7 Å². The Morgan fingerprint density at radius 3 is 2.12 bits per heavy atom. The minimum absolute atomic E-state index is 0.00654. The van der Waals surface area contributed by atoms with Gasteiger partial charge < -0.3 is 19.7 Å². The molecule has 0 spiro atoms. The largest absolute Gasteiger partial charge is 0.497 e. The van der Waals surface area contributed by atoms with Crippen LogP contribution in [0.5, 0.6) is 5.75 Å². The summed E-state index contributed by atoms with van der Waals surface area (Å²) in [7, 11) is 1.69. The molecule has 0 bridgehead atoms. The molecule has 0 fully saturated rings. The fraction of sp³-hybridized carbons (Fsp3) is 0.630. The van der Waals surface area contributed by atoms with Gasteiger partial charge in [-0.1, -0.05) is 57.8 Å². The third-order valence-electron chi connectivity index (χ3n) is 6.23. The van der Waals surface area contributed by atoms with Crippen LogP contribution < -0.4 is 10.1 Å². The summed E-state index contributed by atoms with van der Waals surface area (Å²) in [5.41, 5.74) is 2.48. The average Bonchev–Trinajstić information content (AvgIpc) is 3.13. The number of ether oxygens (including phenoxy) is 1. The van der Waals surface area contributed by atoms with E-state index in [2.05, 4.69) is 28.2 Å². The second-order valence-electron chi connectivity index (χ2n) is 9.00. The lowest BCUT2D eigenvalue weighted by Crippen LogP contribution is -2.22. The molecule has 1 heterocycles. The van der Waals surface area contributed by atoms with Crippen LogP contribution in [0.15, 0.2) is 24.4 Å². The molecule has 1 aromatic carbocycles. The fourth-order valence-corrected chi connectivity index (χ4v) is 4.38. The highest BCUT2D eigenvalue weighted by atomic mass is 16.5. The topological polar surface area (TPSA) is 80.6 Å². The molecule has 0 aliphatic rings. The Hall–Kier alpha value is -2.50. The number of nitrogens with one attached hydrogen (secondary N) is 1. The number of hydrogen-bond acceptors (Lipinski definition) is 3. The third kappa shape index (κ3) is 10.3. The molecule has 6 heteroatoms. The van der Waals surface area contributed by atoms with Gasteiger partial charge in [-0.25, -0.2) is 0 Å². The van der Waals surface area contributed by atoms with E-state index in [0.717, 1.165) is 38.0 Å². The zero-order valence-corrected chi connectivity index (χ0v) is 20.5. The van der Waals surface area contributed by atoms with Crippen LogP contribution in [0.25, 0.3) is 10.9 Å². The molecule has 2 N–H and O–H groups in total. The number of aryl methyl sites for hydroxylation is 1. The molecule has 0 unspecified atom stereocenters. The molecule has 2 rings (SSSR count). The molecule has 0 saturated heterocycles. The summed E-state index contributed by atoms with van der Waals surface area (Å²) in [5, 5.41) is 12.7. The van der Waals surface area contributed by atoms with E-state index in [0.29, 0.717) is 13.0 Å². The highest BCUT2D eigenvalue weighted by molar-refractivity contribution is 5.85. The predicted molar refractivity (Wildman–Crippen MR) is 134 cm³/mol. The summed E-state index contributed by atoms with van der Waals surface area (Å²) < 4.78 is 7.76. The number of benzene rings is 1. The van der Waals surface area contributed by atoms with Crippen LogP contribution in [0.2, 0.25) is 0 Å². The first kappa shape index (κ1) is 26.7. The third-order valence-corrected chi connectivity index (χ3v) is 6.23. The number of amides is 1. The van der Waals surface area contributed by atoms with Crippen molar-refractivity contribution < 1.29 is 19.4 Å². The van der Waals surface area contributed by atoms with Gasteiger partial charge in [0.25, 0.3) is 0 Å². The maximum Gasteiger partial charge on any atom is 0.303 e. The van der Waals surface area contributed by atoms with Gasteiger partial charge in [0, 0.05) is 43.5 Å². The molecule has 33 heavy (non-hydrogen) atoms. The zero-order chi connectivity index (χ0) is 23.9. The standard InChI is InChI=1S/C27H42N2O4/c1-22(30)28-18-17-23-21-29(26-16-15-24(33-2)20-25(23)26)19-13-11-9-7-5-3-4-6-8-10-12-14-27(31)32/h15-16,20-21H,3-14,17-19H2,1-2H3,(H,28,30)(H,31,32). The van der Waals surface area contributed by atoms with Crippen molar-refractivity contribution in [2.45, 2.75) is 96.9 Å². The summed E-state index contributed by atoms with van der Waals surface area (Å²) in [6.45, 7) is 3.21. The van der Waals surface area contributed by atoms with Crippen LogP contribution in [-0.4, -0.2) is 35.2 Å². The van der Waals surface area contributed by atoms with Crippen molar-refractivity contribution in [3.05, 3.63) is 30.0 Å². The smallest absolute Gasteiger partial charge is 0.303 e. The maximum atomic E-state index is 11.2. The van der Waals surface area contributed by atoms with Gasteiger partial charge in [0.1, 0.15) is 5.75 Å². The number of methoxy groups -OCH3 is 1. The van der Waals surface area contributed by atoms with Gasteiger partial charge in [0.2, 0.25) is 5.91 Å². The van der Waals surface area contributed by atoms with Crippen molar-refractivity contribution in [1.82, 2.24) is 9.88 Å². The van der Waals surface area contributed by atoms with Crippen molar-refractivity contribution in [2.24, 2.45) is 0 Å². The molecule has 0 aliphatic heterocycles. The van der Waals surface area contributed by atoms with Crippen LogP contribution in [0.3, 0.4) is 0 Å². The SMILES string of the molecule is COc1ccc2c(c1)c(CCNC(C)=O)cn2CCCCCCCCCCCCCC(=O)O. The Bertz CT molecular complexity index is 859. The van der Waals surface area contributed by atoms with Gasteiger partial charge in [-0.2, -0.15) is 0 Å². The highest BCUT2D eigenvalue weighted by Crippen LogP contribution is 2.27. The minimum Gasteiger partial charge on any atom is -0.497 e. The molecule has 6 nitrogen and oxygen atoms in total. The maximum absolute atomic E-state index is 11.2. The Balaban J connectivity index is 1.66. The summed E-state index contributed by atoms with van der Waals surface area (Å²) in [5.74, 6) is 0.191. The zero-order valence-electron chi connectivity index (χ0n) is 20.5. The van der Waals surface area contributed by atoms with E-state index in [1.54, 1.807) is 14.0 Å². The normalized spacial score (nSPS) is 11.1. The van der Waals surface area contributed by atoms with Crippen molar-refractivity contribution in [1.29, 1.82) is 0 Å². The van der Waals surface area contributed by atoms with Crippen molar-refractivity contribution in [3.8, 4) is 5.75 Å². The number of unbranched alkanes of at least 4 members (excludes halogenated alkanes) is 10. The predicted octanol–water partition coefficient (Wildman–Crippen LogP) is 6.09. The lowest BCUT2D eigenvalue weighted by molar-refractivity contribution is -0.137. The van der Waals surface area contributed by atoms with E-state index in [1.807, 2.05) is 6.07 Å². The number of rotatable bonds is 18. The second-order valence-corrected chi connectivity index (χ2v) is 9.00. The molecular formula is C27H42N2O4. The second kappa shape index (κ2) is 15.4. The number of aromatic nitrogens is 1. The molecule has 184 valence electrons. The van der Waals surface area contributed by atoms with Gasteiger partial charge in [0.15, 0.2) is 0 Å². The van der Waals surface area contributed by atoms with E-state index in [1.165, 1.54) is 67.8 Å². The number of aliphatic carboxylic acids is 1. The van der Waals surface area contributed by atoms with Gasteiger partial charge >= 0.3 is 5.97 Å². The van der Waals surface area contributed by atoms with Crippen LogP contribution >= 0.6 is 0 Å². The molecule has 0 saturated carbocycles. The van der Waals surface area contributed by atoms with Gasteiger partial charge in [-0.3, -0.25) is 9.59 Å². The number of carboxylic acid groups (broad SMARTS) is 1. The Morgan fingerprint density at radius 1 is 0.939 bits per heavy atom. The van der Waals surface area contributed by atoms with E-state index in [9.17, 15) is 9.59 Å². The van der Waals surface area contributed by atoms with E-state index >= 15 is 0 Å². The molecular weight excluding hydrogens is 416 g/mol. The number of fused-ring (bicyclic) bond motifs is 1. The first-order valence-corrected chi connectivity index (χ1v) is 12.6. The lowest BCUT2D eigenvalue weighted by Gasteiger charge is -2.06. The van der Waals surface area contributed by atoms with E-state index < -0.39 is 5.97 Å². The summed E-state index contributed by atoms with van der Waals surface area (Å²) in [6, 6.07) is 6.25. The fourth-order valence-electron chi connectivity index (χ4n) is 4.38. The van der Waals surface area contributed by atoms with Crippen LogP contribution in [0, 0.1) is 0 Å². The van der Waals surface area contributed by atoms with Crippen molar-refractivity contribution in [3.63, 3.8) is 0 Å². The summed E-state index contributed by atoms with van der Waals surface area (Å²) >= 11 is 0. The summed E-state index contributed by atoms with van der Waals surface area (Å²) in [6.07, 6.45) is 16.5. The molecule has 0 radical (unpaired) electrons. The number of hydrogen-bond donors (Lipinski definition) is 2. The van der Waals surface area contributed by atoms with Crippen LogP contribution in [0.4, 0.5) is 0 Å². The van der Waals surface area contributed by atoms with E-state index in [-0.39, 0.29) is 5.91 Å². The monoisotopic (exact) mass is 458 g/mol. The quantitative estimate of drug-likeness (QED) is 0.265. The minimum atomic E-state index is -0.678. The molecule has 1 amide bonds. The average molecular weight is 459 g/mol. The number of nitrogens with zero attached hydrogens (tertiary/aromatic N) is 1. The lowest BCUT2D eigenvalue weighted by atomic mass is 10.1. The van der Waals surface area contributed by atoms with Crippen LogP contribution in [-0.2, 0) is 22.6 Å². The van der Waals surface area contributed by atoms with Gasteiger partial charge in [0.05, 0.1) is 7.11 Å².